The Kier molecular flexibility index (Phi) is 6.05. The van der Waals surface area contributed by atoms with Crippen LogP contribution in [0.3, 0.4) is 0 Å². The summed E-state index contributed by atoms with van der Waals surface area (Å²) >= 11 is 0. The fraction of sp³-hybridized carbons (Fsp3) is 0.714. The van der Waals surface area contributed by atoms with Crippen molar-refractivity contribution in [3.63, 3.8) is 0 Å². The van der Waals surface area contributed by atoms with Gasteiger partial charge in [-0.15, -0.1) is 0 Å². The van der Waals surface area contributed by atoms with Crippen molar-refractivity contribution < 1.29 is 19.4 Å². The Balaban J connectivity index is 2.74. The van der Waals surface area contributed by atoms with E-state index in [0.717, 1.165) is 19.3 Å². The molecule has 0 saturated carbocycles. The van der Waals surface area contributed by atoms with E-state index in [4.69, 9.17) is 4.74 Å². The van der Waals surface area contributed by atoms with E-state index >= 15 is 0 Å². The Bertz CT molecular complexity index is 344. The van der Waals surface area contributed by atoms with Gasteiger partial charge in [-0.3, -0.25) is 4.79 Å². The van der Waals surface area contributed by atoms with Gasteiger partial charge in [0.25, 0.3) is 0 Å². The summed E-state index contributed by atoms with van der Waals surface area (Å²) in [6, 6.07) is 0. The third-order valence-corrected chi connectivity index (χ3v) is 3.18. The predicted molar refractivity (Wildman–Crippen MR) is 68.0 cm³/mol. The van der Waals surface area contributed by atoms with E-state index in [9.17, 15) is 14.7 Å². The van der Waals surface area contributed by atoms with Crippen molar-refractivity contribution in [1.82, 2.24) is 0 Å². The number of ketones is 1. The van der Waals surface area contributed by atoms with E-state index in [2.05, 4.69) is 6.92 Å². The highest BCUT2D eigenvalue weighted by molar-refractivity contribution is 6.19. The molecule has 0 spiro atoms. The minimum absolute atomic E-state index is 0.0980. The highest BCUT2D eigenvalue weighted by Crippen LogP contribution is 2.28. The molecule has 4 nitrogen and oxygen atoms in total. The lowest BCUT2D eigenvalue weighted by atomic mass is 10.00. The molecule has 0 heterocycles. The van der Waals surface area contributed by atoms with Crippen LogP contribution in [0, 0.1) is 0 Å². The Morgan fingerprint density at radius 2 is 2.06 bits per heavy atom. The maximum absolute atomic E-state index is 11.7. The normalized spacial score (nSPS) is 17.2. The Labute approximate surface area is 108 Å². The van der Waals surface area contributed by atoms with E-state index in [1.807, 2.05) is 0 Å². The molecule has 1 N–H and O–H groups in total. The van der Waals surface area contributed by atoms with Crippen LogP contribution in [0.2, 0.25) is 0 Å². The summed E-state index contributed by atoms with van der Waals surface area (Å²) in [4.78, 5) is 23.4. The molecule has 1 unspecified atom stereocenters. The monoisotopic (exact) mass is 254 g/mol. The molecule has 1 aliphatic carbocycles. The summed E-state index contributed by atoms with van der Waals surface area (Å²) in [7, 11) is 0. The van der Waals surface area contributed by atoms with Crippen LogP contribution in [0.25, 0.3) is 0 Å². The first-order valence-corrected chi connectivity index (χ1v) is 6.73. The molecule has 0 aliphatic heterocycles. The molecule has 0 aromatic carbocycles. The Morgan fingerprint density at radius 3 is 2.67 bits per heavy atom. The number of esters is 1. The molecule has 0 aromatic rings. The van der Waals surface area contributed by atoms with Crippen molar-refractivity contribution in [2.75, 3.05) is 6.61 Å². The second-order valence-corrected chi connectivity index (χ2v) is 4.56. The van der Waals surface area contributed by atoms with Crippen molar-refractivity contribution in [2.45, 2.75) is 58.5 Å². The van der Waals surface area contributed by atoms with Gasteiger partial charge in [-0.2, -0.15) is 0 Å². The van der Waals surface area contributed by atoms with Gasteiger partial charge >= 0.3 is 5.97 Å². The van der Waals surface area contributed by atoms with Crippen molar-refractivity contribution in [3.8, 4) is 0 Å². The lowest BCUT2D eigenvalue weighted by molar-refractivity contribution is -0.139. The van der Waals surface area contributed by atoms with E-state index < -0.39 is 12.1 Å². The number of aliphatic hydroxyl groups is 1. The number of unbranched alkanes of at least 4 members (excludes halogenated alkanes) is 2. The van der Waals surface area contributed by atoms with Gasteiger partial charge in [-0.05, 0) is 25.3 Å². The zero-order chi connectivity index (χ0) is 13.5. The van der Waals surface area contributed by atoms with E-state index in [-0.39, 0.29) is 18.0 Å². The molecule has 18 heavy (non-hydrogen) atoms. The number of carbonyl (C=O) groups excluding carboxylic acids is 2. The number of aliphatic hydroxyl groups excluding tert-OH is 1. The maximum atomic E-state index is 11.7. The van der Waals surface area contributed by atoms with Gasteiger partial charge < -0.3 is 9.84 Å². The van der Waals surface area contributed by atoms with Gasteiger partial charge in [-0.1, -0.05) is 26.2 Å². The highest BCUT2D eigenvalue weighted by atomic mass is 16.5. The number of rotatable bonds is 7. The minimum atomic E-state index is -0.678. The van der Waals surface area contributed by atoms with Crippen LogP contribution in [-0.4, -0.2) is 29.6 Å². The molecular formula is C14H22O4. The van der Waals surface area contributed by atoms with E-state index in [1.165, 1.54) is 0 Å². The standard InChI is InChI=1S/C14H22O4/c1-3-5-6-7-11(15)10-8-9-12(16)13(10)14(17)18-4-2/h11,15H,3-9H2,1-2H3. The van der Waals surface area contributed by atoms with Crippen molar-refractivity contribution in [3.05, 3.63) is 11.1 Å². The number of hydrogen-bond donors (Lipinski definition) is 1. The van der Waals surface area contributed by atoms with Crippen LogP contribution in [0.5, 0.6) is 0 Å². The smallest absolute Gasteiger partial charge is 0.341 e. The Hall–Kier alpha value is -1.16. The van der Waals surface area contributed by atoms with Gasteiger partial charge in [0.1, 0.15) is 5.57 Å². The quantitative estimate of drug-likeness (QED) is 0.429. The summed E-state index contributed by atoms with van der Waals surface area (Å²) < 4.78 is 4.87. The molecule has 1 rings (SSSR count). The predicted octanol–water partition coefficient (Wildman–Crippen LogP) is 2.15. The van der Waals surface area contributed by atoms with Crippen molar-refractivity contribution >= 4 is 11.8 Å². The number of ether oxygens (including phenoxy) is 1. The summed E-state index contributed by atoms with van der Waals surface area (Å²) in [5.74, 6) is -0.775. The lowest BCUT2D eigenvalue weighted by Crippen LogP contribution is -2.18. The van der Waals surface area contributed by atoms with Crippen LogP contribution in [0.15, 0.2) is 11.1 Å². The Morgan fingerprint density at radius 1 is 1.33 bits per heavy atom. The summed E-state index contributed by atoms with van der Waals surface area (Å²) in [6.45, 7) is 4.04. The summed E-state index contributed by atoms with van der Waals surface area (Å²) in [5.41, 5.74) is 0.676. The van der Waals surface area contributed by atoms with Crippen LogP contribution < -0.4 is 0 Å². The van der Waals surface area contributed by atoms with Crippen molar-refractivity contribution in [1.29, 1.82) is 0 Å². The summed E-state index contributed by atoms with van der Waals surface area (Å²) in [5, 5.41) is 10.1. The molecule has 0 saturated heterocycles. The van der Waals surface area contributed by atoms with Crippen LogP contribution >= 0.6 is 0 Å². The second-order valence-electron chi connectivity index (χ2n) is 4.56. The SMILES string of the molecule is CCCCCC(O)C1=C(C(=O)OCC)C(=O)CC1. The molecular weight excluding hydrogens is 232 g/mol. The topological polar surface area (TPSA) is 63.6 Å². The molecule has 0 aromatic heterocycles. The zero-order valence-electron chi connectivity index (χ0n) is 11.2. The van der Waals surface area contributed by atoms with Crippen LogP contribution in [0.4, 0.5) is 0 Å². The molecule has 0 bridgehead atoms. The zero-order valence-corrected chi connectivity index (χ0v) is 11.2. The highest BCUT2D eigenvalue weighted by Gasteiger charge is 2.32. The van der Waals surface area contributed by atoms with Gasteiger partial charge in [-0.25, -0.2) is 4.79 Å². The van der Waals surface area contributed by atoms with Gasteiger partial charge in [0.2, 0.25) is 0 Å². The lowest BCUT2D eigenvalue weighted by Gasteiger charge is -2.13. The van der Waals surface area contributed by atoms with Crippen molar-refractivity contribution in [2.24, 2.45) is 0 Å². The van der Waals surface area contributed by atoms with Crippen LogP contribution in [0.1, 0.15) is 52.4 Å². The molecule has 0 fully saturated rings. The first-order chi connectivity index (χ1) is 8.61. The second kappa shape index (κ2) is 7.31. The number of Topliss-reactive ketones (excluding diaryl/α,β-unsaturated/α-hetero) is 1. The first kappa shape index (κ1) is 14.9. The molecule has 102 valence electrons. The fourth-order valence-corrected chi connectivity index (χ4v) is 2.22. The average molecular weight is 254 g/mol. The molecule has 0 radical (unpaired) electrons. The van der Waals surface area contributed by atoms with E-state index in [0.29, 0.717) is 24.8 Å². The fourth-order valence-electron chi connectivity index (χ4n) is 2.22. The largest absolute Gasteiger partial charge is 0.462 e. The maximum Gasteiger partial charge on any atom is 0.341 e. The summed E-state index contributed by atoms with van der Waals surface area (Å²) in [6.07, 6.45) is 3.77. The van der Waals surface area contributed by atoms with Gasteiger partial charge in [0.15, 0.2) is 5.78 Å². The minimum Gasteiger partial charge on any atom is -0.462 e. The van der Waals surface area contributed by atoms with Gasteiger partial charge in [0, 0.05) is 6.42 Å². The number of hydrogen-bond acceptors (Lipinski definition) is 4. The molecule has 0 amide bonds. The van der Waals surface area contributed by atoms with E-state index in [1.54, 1.807) is 6.92 Å². The third-order valence-electron chi connectivity index (χ3n) is 3.18. The third kappa shape index (κ3) is 3.67. The van der Waals surface area contributed by atoms with Crippen LogP contribution in [-0.2, 0) is 14.3 Å². The molecule has 1 aliphatic rings. The molecule has 4 heteroatoms. The first-order valence-electron chi connectivity index (χ1n) is 6.73. The number of carbonyl (C=O) groups is 2. The molecule has 1 atom stereocenters. The van der Waals surface area contributed by atoms with Gasteiger partial charge in [0.05, 0.1) is 12.7 Å². The average Bonchev–Trinajstić information content (AvgIpc) is 2.71.